The van der Waals surface area contributed by atoms with Gasteiger partial charge >= 0.3 is 6.16 Å². The Kier molecular flexibility index (Phi) is 3.32. The molecule has 0 bridgehead atoms. The average Bonchev–Trinajstić information content (AvgIpc) is 2.46. The first-order chi connectivity index (χ1) is 6.86. The van der Waals surface area contributed by atoms with Crippen LogP contribution in [0.1, 0.15) is 4.88 Å². The van der Waals surface area contributed by atoms with E-state index in [1.807, 2.05) is 0 Å². The van der Waals surface area contributed by atoms with Gasteiger partial charge in [-0.3, -0.25) is 0 Å². The fourth-order valence-electron chi connectivity index (χ4n) is 0.965. The minimum Gasteiger partial charge on any atom is -0.437 e. The van der Waals surface area contributed by atoms with Gasteiger partial charge in [-0.15, -0.1) is 11.3 Å². The third-order valence-corrected chi connectivity index (χ3v) is 3.63. The van der Waals surface area contributed by atoms with Gasteiger partial charge in [0.1, 0.15) is 4.90 Å². The summed E-state index contributed by atoms with van der Waals surface area (Å²) in [7, 11) is -2.77. The molecule has 0 fully saturated rings. The summed E-state index contributed by atoms with van der Waals surface area (Å²) in [6, 6.07) is 0. The zero-order valence-corrected chi connectivity index (χ0v) is 9.65. The van der Waals surface area contributed by atoms with Gasteiger partial charge in [0.2, 0.25) is 10.0 Å². The Morgan fingerprint density at radius 1 is 1.53 bits per heavy atom. The van der Waals surface area contributed by atoms with Crippen LogP contribution in [0.3, 0.4) is 0 Å². The summed E-state index contributed by atoms with van der Waals surface area (Å²) in [6.07, 6.45) is -0.988. The molecule has 0 atom stereocenters. The van der Waals surface area contributed by atoms with E-state index in [9.17, 15) is 13.2 Å². The molecule has 8 heteroatoms. The first-order valence-electron chi connectivity index (χ1n) is 3.73. The summed E-state index contributed by atoms with van der Waals surface area (Å²) in [5.74, 6) is -0.105. The second-order valence-electron chi connectivity index (χ2n) is 2.59. The number of rotatable bonds is 2. The quantitative estimate of drug-likeness (QED) is 0.786. The molecule has 1 aromatic rings. The second kappa shape index (κ2) is 4.17. The maximum Gasteiger partial charge on any atom is 0.513 e. The van der Waals surface area contributed by atoms with Crippen LogP contribution in [0.2, 0.25) is 0 Å². The molecule has 0 aliphatic carbocycles. The van der Waals surface area contributed by atoms with Crippen molar-refractivity contribution >= 4 is 27.5 Å². The van der Waals surface area contributed by atoms with Gasteiger partial charge in [0.25, 0.3) is 0 Å². The Bertz CT molecular complexity index is 476. The molecular weight excluding hydrogens is 242 g/mol. The van der Waals surface area contributed by atoms with Crippen molar-refractivity contribution in [3.05, 3.63) is 10.3 Å². The molecular formula is C7H9NO5S2. The van der Waals surface area contributed by atoms with Crippen molar-refractivity contribution in [1.82, 2.24) is 0 Å². The first kappa shape index (κ1) is 12.0. The van der Waals surface area contributed by atoms with Gasteiger partial charge in [-0.25, -0.2) is 18.4 Å². The number of hydrogen-bond donors (Lipinski definition) is 1. The van der Waals surface area contributed by atoms with Crippen LogP contribution >= 0.6 is 11.3 Å². The smallest absolute Gasteiger partial charge is 0.437 e. The van der Waals surface area contributed by atoms with E-state index < -0.39 is 16.2 Å². The van der Waals surface area contributed by atoms with E-state index in [0.717, 1.165) is 18.4 Å². The number of carbonyl (C=O) groups is 1. The maximum absolute atomic E-state index is 11.2. The van der Waals surface area contributed by atoms with Gasteiger partial charge in [-0.05, 0) is 6.92 Å². The number of sulfonamides is 1. The van der Waals surface area contributed by atoms with Gasteiger partial charge in [-0.2, -0.15) is 0 Å². The van der Waals surface area contributed by atoms with Crippen LogP contribution in [0.25, 0.3) is 0 Å². The molecule has 0 aliphatic rings. The van der Waals surface area contributed by atoms with E-state index in [0.29, 0.717) is 4.88 Å². The molecule has 0 radical (unpaired) electrons. The highest BCUT2D eigenvalue weighted by Crippen LogP contribution is 2.32. The van der Waals surface area contributed by atoms with E-state index in [2.05, 4.69) is 9.47 Å². The standard InChI is InChI=1S/C7H9NO5S2/c1-4-6(15(8,10)11)5(3-14-4)13-7(9)12-2/h3H,1-2H3,(H2,8,10,11). The molecule has 0 unspecified atom stereocenters. The largest absolute Gasteiger partial charge is 0.513 e. The molecule has 1 rings (SSSR count). The van der Waals surface area contributed by atoms with Crippen molar-refractivity contribution in [1.29, 1.82) is 0 Å². The fraction of sp³-hybridized carbons (Fsp3) is 0.286. The van der Waals surface area contributed by atoms with Crippen LogP contribution in [0, 0.1) is 6.92 Å². The summed E-state index contributed by atoms with van der Waals surface area (Å²) < 4.78 is 31.2. The van der Waals surface area contributed by atoms with Crippen molar-refractivity contribution < 1.29 is 22.7 Å². The average molecular weight is 251 g/mol. The Morgan fingerprint density at radius 2 is 2.13 bits per heavy atom. The third-order valence-electron chi connectivity index (χ3n) is 1.53. The van der Waals surface area contributed by atoms with Crippen molar-refractivity contribution in [2.45, 2.75) is 11.8 Å². The van der Waals surface area contributed by atoms with Crippen LogP contribution in [0.4, 0.5) is 4.79 Å². The highest BCUT2D eigenvalue weighted by Gasteiger charge is 2.22. The fourth-order valence-corrected chi connectivity index (χ4v) is 2.97. The summed E-state index contributed by atoms with van der Waals surface area (Å²) >= 11 is 1.12. The number of hydrogen-bond acceptors (Lipinski definition) is 6. The lowest BCUT2D eigenvalue weighted by atomic mass is 10.5. The lowest BCUT2D eigenvalue weighted by Crippen LogP contribution is -2.15. The van der Waals surface area contributed by atoms with Crippen LogP contribution in [0.5, 0.6) is 5.75 Å². The molecule has 2 N–H and O–H groups in total. The topological polar surface area (TPSA) is 95.7 Å². The van der Waals surface area contributed by atoms with E-state index in [4.69, 9.17) is 5.14 Å². The lowest BCUT2D eigenvalue weighted by Gasteiger charge is -2.03. The monoisotopic (exact) mass is 251 g/mol. The van der Waals surface area contributed by atoms with Gasteiger partial charge in [0.05, 0.1) is 7.11 Å². The zero-order chi connectivity index (χ0) is 11.6. The minimum absolute atomic E-state index is 0.105. The normalized spacial score (nSPS) is 11.1. The summed E-state index contributed by atoms with van der Waals surface area (Å²) in [5.41, 5.74) is 0. The second-order valence-corrected chi connectivity index (χ2v) is 5.17. The number of ether oxygens (including phenoxy) is 2. The Balaban J connectivity index is 3.16. The molecule has 0 amide bonds. The molecule has 1 aromatic heterocycles. The number of nitrogens with two attached hydrogens (primary N) is 1. The van der Waals surface area contributed by atoms with Crippen molar-refractivity contribution in [3.63, 3.8) is 0 Å². The number of aryl methyl sites for hydroxylation is 1. The van der Waals surface area contributed by atoms with E-state index in [1.165, 1.54) is 5.38 Å². The first-order valence-corrected chi connectivity index (χ1v) is 6.15. The summed E-state index contributed by atoms with van der Waals surface area (Å²) in [6.45, 7) is 1.56. The number of methoxy groups -OCH3 is 1. The highest BCUT2D eigenvalue weighted by molar-refractivity contribution is 7.89. The van der Waals surface area contributed by atoms with E-state index in [-0.39, 0.29) is 10.6 Å². The molecule has 0 spiro atoms. The van der Waals surface area contributed by atoms with Crippen molar-refractivity contribution in [2.24, 2.45) is 5.14 Å². The van der Waals surface area contributed by atoms with Crippen molar-refractivity contribution in [2.75, 3.05) is 7.11 Å². The van der Waals surface area contributed by atoms with Crippen molar-refractivity contribution in [3.8, 4) is 5.75 Å². The van der Waals surface area contributed by atoms with E-state index in [1.54, 1.807) is 6.92 Å². The predicted molar refractivity (Wildman–Crippen MR) is 53.5 cm³/mol. The Hall–Kier alpha value is -1.12. The minimum atomic E-state index is -3.90. The van der Waals surface area contributed by atoms with E-state index >= 15 is 0 Å². The molecule has 84 valence electrons. The van der Waals surface area contributed by atoms with Gasteiger partial charge in [-0.1, -0.05) is 0 Å². The predicted octanol–water partition coefficient (Wildman–Crippen LogP) is 0.849. The highest BCUT2D eigenvalue weighted by atomic mass is 32.2. The third kappa shape index (κ3) is 2.67. The molecule has 0 saturated heterocycles. The SMILES string of the molecule is COC(=O)Oc1csc(C)c1S(N)(=O)=O. The summed E-state index contributed by atoms with van der Waals surface area (Å²) in [5, 5.41) is 6.35. The van der Waals surface area contributed by atoms with Gasteiger partial charge < -0.3 is 9.47 Å². The molecule has 1 heterocycles. The maximum atomic E-state index is 11.2. The van der Waals surface area contributed by atoms with Crippen LogP contribution in [-0.2, 0) is 14.8 Å². The molecule has 0 saturated carbocycles. The summed E-state index contributed by atoms with van der Waals surface area (Å²) in [4.78, 5) is 11.1. The van der Waals surface area contributed by atoms with Gasteiger partial charge in [0, 0.05) is 10.3 Å². The Morgan fingerprint density at radius 3 is 2.60 bits per heavy atom. The lowest BCUT2D eigenvalue weighted by molar-refractivity contribution is 0.120. The van der Waals surface area contributed by atoms with Crippen LogP contribution < -0.4 is 9.88 Å². The molecule has 0 aromatic carbocycles. The number of carbonyl (C=O) groups excluding carboxylic acids is 1. The zero-order valence-electron chi connectivity index (χ0n) is 8.01. The molecule has 0 aliphatic heterocycles. The van der Waals surface area contributed by atoms with Crippen LogP contribution in [0.15, 0.2) is 10.3 Å². The van der Waals surface area contributed by atoms with Crippen LogP contribution in [-0.4, -0.2) is 21.7 Å². The number of thiophene rings is 1. The molecule has 6 nitrogen and oxygen atoms in total. The Labute approximate surface area is 90.7 Å². The van der Waals surface area contributed by atoms with Gasteiger partial charge in [0.15, 0.2) is 5.75 Å². The number of primary sulfonamides is 1. The molecule has 15 heavy (non-hydrogen) atoms.